The highest BCUT2D eigenvalue weighted by Gasteiger charge is 2.18. The molecule has 0 bridgehead atoms. The number of fused-ring (bicyclic) bond motifs is 1. The first-order valence-corrected chi connectivity index (χ1v) is 6.99. The molecule has 19 heavy (non-hydrogen) atoms. The minimum atomic E-state index is 0.606. The van der Waals surface area contributed by atoms with E-state index in [1.165, 1.54) is 25.8 Å². The second-order valence-electron chi connectivity index (χ2n) is 5.29. The van der Waals surface area contributed by atoms with Crippen LogP contribution in [0, 0.1) is 0 Å². The highest BCUT2D eigenvalue weighted by atomic mass is 15.2. The lowest BCUT2D eigenvalue weighted by molar-refractivity contribution is 0.194. The number of anilines is 1. The molecule has 0 amide bonds. The van der Waals surface area contributed by atoms with Gasteiger partial charge < -0.3 is 10.2 Å². The zero-order valence-corrected chi connectivity index (χ0v) is 11.3. The molecule has 4 nitrogen and oxygen atoms in total. The van der Waals surface area contributed by atoms with Crippen LogP contribution in [0.2, 0.25) is 0 Å². The van der Waals surface area contributed by atoms with Crippen molar-refractivity contribution in [3.05, 3.63) is 30.5 Å². The van der Waals surface area contributed by atoms with Crippen LogP contribution in [0.25, 0.3) is 10.8 Å². The zero-order chi connectivity index (χ0) is 13.1. The molecule has 1 N–H and O–H groups in total. The van der Waals surface area contributed by atoms with E-state index in [1.807, 2.05) is 18.3 Å². The molecule has 1 aliphatic heterocycles. The summed E-state index contributed by atoms with van der Waals surface area (Å²) < 4.78 is 0. The first kappa shape index (κ1) is 12.4. The van der Waals surface area contributed by atoms with Crippen LogP contribution in [-0.2, 0) is 0 Å². The average molecular weight is 256 g/mol. The normalized spacial score (nSPS) is 20.6. The molecule has 1 unspecified atom stereocenters. The summed E-state index contributed by atoms with van der Waals surface area (Å²) in [5.41, 5.74) is 0. The first-order valence-electron chi connectivity index (χ1n) is 6.99. The molecule has 0 radical (unpaired) electrons. The maximum atomic E-state index is 4.24. The quantitative estimate of drug-likeness (QED) is 0.916. The van der Waals surface area contributed by atoms with Crippen molar-refractivity contribution in [1.29, 1.82) is 0 Å². The summed E-state index contributed by atoms with van der Waals surface area (Å²) >= 11 is 0. The second kappa shape index (κ2) is 5.53. The van der Waals surface area contributed by atoms with Crippen molar-refractivity contribution in [3.8, 4) is 0 Å². The fourth-order valence-corrected chi connectivity index (χ4v) is 2.78. The van der Waals surface area contributed by atoms with Crippen LogP contribution < -0.4 is 5.32 Å². The van der Waals surface area contributed by atoms with Gasteiger partial charge in [-0.2, -0.15) is 5.10 Å². The summed E-state index contributed by atoms with van der Waals surface area (Å²) in [6.07, 6.45) is 5.73. The van der Waals surface area contributed by atoms with E-state index >= 15 is 0 Å². The first-order chi connectivity index (χ1) is 9.34. The Balaban J connectivity index is 1.74. The van der Waals surface area contributed by atoms with Crippen molar-refractivity contribution in [2.75, 3.05) is 25.5 Å². The highest BCUT2D eigenvalue weighted by molar-refractivity contribution is 5.90. The summed E-state index contributed by atoms with van der Waals surface area (Å²) in [5, 5.41) is 14.1. The standard InChI is InChI=1S/C15H20N4/c1-19-9-5-4-7-13(19)11-16-15-14-8-3-2-6-12(14)10-17-18-15/h2-3,6,8,10,13H,4-5,7,9,11H2,1H3,(H,16,18). The van der Waals surface area contributed by atoms with Gasteiger partial charge in [-0.15, -0.1) is 5.10 Å². The van der Waals surface area contributed by atoms with E-state index in [-0.39, 0.29) is 0 Å². The Bertz CT molecular complexity index is 549. The molecule has 4 heteroatoms. The van der Waals surface area contributed by atoms with E-state index in [2.05, 4.69) is 39.6 Å². The van der Waals surface area contributed by atoms with E-state index < -0.39 is 0 Å². The van der Waals surface area contributed by atoms with Crippen molar-refractivity contribution in [2.24, 2.45) is 0 Å². The van der Waals surface area contributed by atoms with Crippen molar-refractivity contribution in [1.82, 2.24) is 15.1 Å². The van der Waals surface area contributed by atoms with Gasteiger partial charge in [0.25, 0.3) is 0 Å². The summed E-state index contributed by atoms with van der Waals surface area (Å²) in [5.74, 6) is 0.900. The molecule has 100 valence electrons. The smallest absolute Gasteiger partial charge is 0.156 e. The number of nitrogens with one attached hydrogen (secondary N) is 1. The Kier molecular flexibility index (Phi) is 3.60. The molecule has 0 saturated carbocycles. The van der Waals surface area contributed by atoms with Crippen molar-refractivity contribution in [2.45, 2.75) is 25.3 Å². The van der Waals surface area contributed by atoms with E-state index in [1.54, 1.807) is 0 Å². The minimum absolute atomic E-state index is 0.606. The average Bonchev–Trinajstić information content (AvgIpc) is 2.46. The van der Waals surface area contributed by atoms with Crippen LogP contribution in [0.3, 0.4) is 0 Å². The molecule has 3 rings (SSSR count). The second-order valence-corrected chi connectivity index (χ2v) is 5.29. The van der Waals surface area contributed by atoms with Gasteiger partial charge in [0.15, 0.2) is 5.82 Å². The number of aromatic nitrogens is 2. The van der Waals surface area contributed by atoms with Gasteiger partial charge in [0.1, 0.15) is 0 Å². The largest absolute Gasteiger partial charge is 0.366 e. The SMILES string of the molecule is CN1CCCCC1CNc1nncc2ccccc12. The maximum Gasteiger partial charge on any atom is 0.156 e. The van der Waals surface area contributed by atoms with Crippen molar-refractivity contribution in [3.63, 3.8) is 0 Å². The van der Waals surface area contributed by atoms with Gasteiger partial charge in [-0.1, -0.05) is 30.7 Å². The third-order valence-corrected chi connectivity index (χ3v) is 4.00. The molecule has 0 spiro atoms. The summed E-state index contributed by atoms with van der Waals surface area (Å²) in [6.45, 7) is 2.15. The lowest BCUT2D eigenvalue weighted by Crippen LogP contribution is -2.40. The Labute approximate surface area is 113 Å². The van der Waals surface area contributed by atoms with Gasteiger partial charge in [-0.25, -0.2) is 0 Å². The Hall–Kier alpha value is -1.68. The molecule has 0 aliphatic carbocycles. The summed E-state index contributed by atoms with van der Waals surface area (Å²) in [6, 6.07) is 8.85. The van der Waals surface area contributed by atoms with Gasteiger partial charge in [-0.3, -0.25) is 0 Å². The number of likely N-dealkylation sites (tertiary alicyclic amines) is 1. The number of piperidine rings is 1. The molecule has 2 heterocycles. The van der Waals surface area contributed by atoms with Gasteiger partial charge in [0, 0.05) is 23.4 Å². The molecule has 1 aromatic carbocycles. The third-order valence-electron chi connectivity index (χ3n) is 4.00. The van der Waals surface area contributed by atoms with Gasteiger partial charge in [0.05, 0.1) is 6.20 Å². The van der Waals surface area contributed by atoms with Gasteiger partial charge in [-0.05, 0) is 26.4 Å². The molecule has 2 aromatic rings. The Morgan fingerprint density at radius 2 is 2.21 bits per heavy atom. The highest BCUT2D eigenvalue weighted by Crippen LogP contribution is 2.20. The van der Waals surface area contributed by atoms with Crippen molar-refractivity contribution < 1.29 is 0 Å². The number of nitrogens with zero attached hydrogens (tertiary/aromatic N) is 3. The minimum Gasteiger partial charge on any atom is -0.366 e. The fraction of sp³-hybridized carbons (Fsp3) is 0.467. The fourth-order valence-electron chi connectivity index (χ4n) is 2.78. The predicted molar refractivity (Wildman–Crippen MR) is 78.3 cm³/mol. The van der Waals surface area contributed by atoms with Crippen LogP contribution in [0.5, 0.6) is 0 Å². The van der Waals surface area contributed by atoms with Crippen LogP contribution in [0.15, 0.2) is 30.5 Å². The maximum absolute atomic E-state index is 4.24. The zero-order valence-electron chi connectivity index (χ0n) is 11.3. The van der Waals surface area contributed by atoms with Crippen LogP contribution in [0.1, 0.15) is 19.3 Å². The Morgan fingerprint density at radius 1 is 1.32 bits per heavy atom. The summed E-state index contributed by atoms with van der Waals surface area (Å²) in [4.78, 5) is 2.44. The molecule has 1 aromatic heterocycles. The molecule has 1 saturated heterocycles. The van der Waals surface area contributed by atoms with Crippen LogP contribution in [0.4, 0.5) is 5.82 Å². The predicted octanol–water partition coefficient (Wildman–Crippen LogP) is 2.53. The van der Waals surface area contributed by atoms with E-state index in [4.69, 9.17) is 0 Å². The number of hydrogen-bond donors (Lipinski definition) is 1. The molecule has 1 aliphatic rings. The van der Waals surface area contributed by atoms with Gasteiger partial charge >= 0.3 is 0 Å². The number of benzene rings is 1. The molecule has 1 atom stereocenters. The molecule has 1 fully saturated rings. The number of rotatable bonds is 3. The van der Waals surface area contributed by atoms with E-state index in [0.717, 1.165) is 23.1 Å². The summed E-state index contributed by atoms with van der Waals surface area (Å²) in [7, 11) is 2.21. The lowest BCUT2D eigenvalue weighted by Gasteiger charge is -2.32. The lowest BCUT2D eigenvalue weighted by atomic mass is 10.0. The van der Waals surface area contributed by atoms with E-state index in [9.17, 15) is 0 Å². The monoisotopic (exact) mass is 256 g/mol. The van der Waals surface area contributed by atoms with E-state index in [0.29, 0.717) is 6.04 Å². The van der Waals surface area contributed by atoms with Crippen molar-refractivity contribution >= 4 is 16.6 Å². The molecular formula is C15H20N4. The third kappa shape index (κ3) is 2.68. The Morgan fingerprint density at radius 3 is 3.11 bits per heavy atom. The van der Waals surface area contributed by atoms with Gasteiger partial charge in [0.2, 0.25) is 0 Å². The van der Waals surface area contributed by atoms with Crippen LogP contribution in [-0.4, -0.2) is 41.3 Å². The molecular weight excluding hydrogens is 236 g/mol. The number of hydrogen-bond acceptors (Lipinski definition) is 4. The number of likely N-dealkylation sites (N-methyl/N-ethyl adjacent to an activating group) is 1. The topological polar surface area (TPSA) is 41.0 Å². The van der Waals surface area contributed by atoms with Crippen LogP contribution >= 0.6 is 0 Å².